The van der Waals surface area contributed by atoms with Crippen LogP contribution in [0.1, 0.15) is 139 Å². The van der Waals surface area contributed by atoms with Gasteiger partial charge in [-0.3, -0.25) is 43.3 Å². The third kappa shape index (κ3) is 20.2. The number of carbonyl (C=O) groups is 6. The zero-order chi connectivity index (χ0) is 71.2. The molecule has 3 N–H and O–H groups in total. The van der Waals surface area contributed by atoms with Crippen LogP contribution in [-0.4, -0.2) is 206 Å². The van der Waals surface area contributed by atoms with Crippen molar-refractivity contribution < 1.29 is 43.3 Å². The number of hydrogen-bond acceptors (Lipinski definition) is 15. The molecule has 0 unspecified atom stereocenters. The summed E-state index contributed by atoms with van der Waals surface area (Å²) >= 11 is 12.1. The summed E-state index contributed by atoms with van der Waals surface area (Å²) in [4.78, 5) is 92.4. The SMILES string of the molecule is CC(C)(C)OC(=O)N1Cc2ccccc2C[C@@H]1C(=O)N[C@H](Cc1ccc(Cl)cc1)C(=O)N1CCN(C2(Cn3ccnn3)CCCCC2)CC1.CC(C)(C)OC(=O)N1Cc2ccccc2C[C@@H]1C(=O)N[C@H](Cc1ccc(Cl)cc1)C(=O)O.CN1CCN(C2(Cn3ccnn3)CCCCC2)CC1. The van der Waals surface area contributed by atoms with Gasteiger partial charge >= 0.3 is 18.2 Å². The lowest BCUT2D eigenvalue weighted by Gasteiger charge is -2.50. The quantitative estimate of drug-likeness (QED) is 0.0816. The van der Waals surface area contributed by atoms with Gasteiger partial charge in [0.25, 0.3) is 0 Å². The number of nitrogens with zero attached hydrogens (tertiary/aromatic N) is 12. The van der Waals surface area contributed by atoms with Gasteiger partial charge in [0, 0.05) is 112 Å². The molecule has 12 rings (SSSR count). The summed E-state index contributed by atoms with van der Waals surface area (Å²) < 4.78 is 15.2. The molecule has 4 aliphatic heterocycles. The minimum absolute atomic E-state index is 0.0135. The van der Waals surface area contributed by atoms with Crippen molar-refractivity contribution in [3.8, 4) is 0 Å². The van der Waals surface area contributed by atoms with Crippen LogP contribution in [0.5, 0.6) is 0 Å². The second-order valence-corrected chi connectivity index (χ2v) is 30.6. The molecule has 100 heavy (non-hydrogen) atoms. The molecule has 538 valence electrons. The minimum atomic E-state index is -1.16. The summed E-state index contributed by atoms with van der Waals surface area (Å²) in [5.41, 5.74) is 4.31. The second-order valence-electron chi connectivity index (χ2n) is 29.7. The highest BCUT2D eigenvalue weighted by atomic mass is 35.5. The van der Waals surface area contributed by atoms with Crippen LogP contribution in [0.4, 0.5) is 9.59 Å². The predicted molar refractivity (Wildman–Crippen MR) is 382 cm³/mol. The van der Waals surface area contributed by atoms with Crippen molar-refractivity contribution >= 4 is 59.1 Å². The van der Waals surface area contributed by atoms with Crippen LogP contribution in [0.3, 0.4) is 0 Å². The number of hydrogen-bond donors (Lipinski definition) is 3. The van der Waals surface area contributed by atoms with E-state index in [2.05, 4.69) is 53.0 Å². The molecule has 5 amide bonds. The first-order valence-corrected chi connectivity index (χ1v) is 36.2. The number of rotatable bonds is 16. The lowest BCUT2D eigenvalue weighted by atomic mass is 9.79. The van der Waals surface area contributed by atoms with Crippen LogP contribution in [0, 0.1) is 0 Å². The van der Waals surface area contributed by atoms with Gasteiger partial charge in [0.15, 0.2) is 0 Å². The molecule has 0 radical (unpaired) electrons. The molecule has 0 spiro atoms. The summed E-state index contributed by atoms with van der Waals surface area (Å²) in [6.07, 6.45) is 19.8. The second kappa shape index (κ2) is 33.7. The largest absolute Gasteiger partial charge is 0.480 e. The molecule has 4 aromatic carbocycles. The Morgan fingerprint density at radius 3 is 1.29 bits per heavy atom. The number of likely N-dealkylation sites (N-methyl/N-ethyl adjacent to an activating group) is 1. The first-order chi connectivity index (χ1) is 47.8. The van der Waals surface area contributed by atoms with Crippen molar-refractivity contribution in [2.75, 3.05) is 59.4 Å². The van der Waals surface area contributed by atoms with Crippen LogP contribution < -0.4 is 10.6 Å². The smallest absolute Gasteiger partial charge is 0.411 e. The maximum absolute atomic E-state index is 14.3. The third-order valence-electron chi connectivity index (χ3n) is 20.2. The molecule has 2 aliphatic carbocycles. The first-order valence-electron chi connectivity index (χ1n) is 35.4. The van der Waals surface area contributed by atoms with Crippen LogP contribution in [0.2, 0.25) is 10.0 Å². The third-order valence-corrected chi connectivity index (χ3v) is 20.7. The van der Waals surface area contributed by atoms with Gasteiger partial charge in [-0.1, -0.05) is 145 Å². The molecule has 0 bridgehead atoms. The van der Waals surface area contributed by atoms with Crippen molar-refractivity contribution in [1.29, 1.82) is 0 Å². The maximum Gasteiger partial charge on any atom is 0.411 e. The molecule has 4 fully saturated rings. The van der Waals surface area contributed by atoms with E-state index in [4.69, 9.17) is 32.7 Å². The van der Waals surface area contributed by atoms with Gasteiger partial charge in [0.2, 0.25) is 17.7 Å². The van der Waals surface area contributed by atoms with E-state index in [1.165, 1.54) is 87.3 Å². The molecule has 23 nitrogen and oxygen atoms in total. The van der Waals surface area contributed by atoms with Gasteiger partial charge in [-0.15, -0.1) is 10.2 Å². The van der Waals surface area contributed by atoms with E-state index in [0.29, 0.717) is 41.5 Å². The van der Waals surface area contributed by atoms with Gasteiger partial charge in [-0.05, 0) is 132 Å². The highest BCUT2D eigenvalue weighted by Crippen LogP contribution is 2.38. The molecular weight excluding hydrogens is 1310 g/mol. The fourth-order valence-electron chi connectivity index (χ4n) is 14.9. The van der Waals surface area contributed by atoms with Crippen molar-refractivity contribution in [2.24, 2.45) is 0 Å². The number of piperazine rings is 2. The molecule has 6 aliphatic rings. The number of benzene rings is 4. The zero-order valence-corrected chi connectivity index (χ0v) is 60.6. The average molecular weight is 1410 g/mol. The Bertz CT molecular complexity index is 3670. The summed E-state index contributed by atoms with van der Waals surface area (Å²) in [6.45, 7) is 20.3. The fraction of sp³-hybridized carbons (Fsp3) is 0.547. The predicted octanol–water partition coefficient (Wildman–Crippen LogP) is 9.91. The standard InChI is InChI=1S/C37H48ClN7O4.C24H27ClN2O5.C14H25N5/c1-36(2,3)49-35(48)45-25-29-10-6-5-9-28(29)24-32(45)33(46)40-31(23-27-11-13-30(38)14-12-27)34(47)42-19-21-43(22-20-42)37(15-7-4-8-16-37)26-44-18-17-39-41-44;1-24(2,3)32-23(31)27-14-17-7-5-4-6-16(17)13-20(27)21(28)26-19(22(29)30)12-15-8-10-18(25)11-9-15;1-17-9-11-18(12-10-17)14(5-3-2-4-6-14)13-19-8-7-15-16-19/h5-6,9-14,17-18,31-32H,4,7-8,15-16,19-26H2,1-3H3,(H,40,46);4-11,19-20H,12-14H2,1-3H3,(H,26,28)(H,29,30);7-8H,2-6,9-13H2,1H3/t31-,32-;19-,20-;/m11./s1. The number of halogens is 2. The van der Waals surface area contributed by atoms with E-state index < -0.39 is 59.4 Å². The number of carbonyl (C=O) groups excluding carboxylic acids is 5. The van der Waals surface area contributed by atoms with E-state index in [1.807, 2.05) is 108 Å². The highest BCUT2D eigenvalue weighted by Gasteiger charge is 2.45. The van der Waals surface area contributed by atoms with Crippen molar-refractivity contribution in [3.05, 3.63) is 165 Å². The van der Waals surface area contributed by atoms with Crippen molar-refractivity contribution in [2.45, 2.75) is 204 Å². The Labute approximate surface area is 598 Å². The van der Waals surface area contributed by atoms with E-state index in [-0.39, 0.29) is 43.3 Å². The summed E-state index contributed by atoms with van der Waals surface area (Å²) in [5.74, 6) is -2.20. The Morgan fingerprint density at radius 2 is 0.910 bits per heavy atom. The number of aliphatic carboxylic acids is 1. The number of fused-ring (bicyclic) bond motifs is 2. The Morgan fingerprint density at radius 1 is 0.530 bits per heavy atom. The Kier molecular flexibility index (Phi) is 25.2. The summed E-state index contributed by atoms with van der Waals surface area (Å²) in [6, 6.07) is 25.8. The van der Waals surface area contributed by atoms with E-state index in [9.17, 15) is 33.9 Å². The maximum atomic E-state index is 14.3. The molecule has 2 saturated heterocycles. The molecule has 6 heterocycles. The normalized spacial score (nSPS) is 20.1. The van der Waals surface area contributed by atoms with Crippen LogP contribution in [0.15, 0.2) is 122 Å². The molecule has 6 aromatic rings. The Balaban J connectivity index is 0.000000180. The van der Waals surface area contributed by atoms with Crippen LogP contribution in [-0.2, 0) is 80.5 Å². The Hall–Kier alpha value is -7.96. The summed E-state index contributed by atoms with van der Waals surface area (Å²) in [7, 11) is 2.22. The molecule has 25 heteroatoms. The number of ether oxygens (including phenoxy) is 2. The number of aromatic nitrogens is 6. The minimum Gasteiger partial charge on any atom is -0.480 e. The van der Waals surface area contributed by atoms with Gasteiger partial charge in [-0.2, -0.15) is 0 Å². The molecule has 2 aromatic heterocycles. The van der Waals surface area contributed by atoms with Crippen molar-refractivity contribution in [3.63, 3.8) is 0 Å². The summed E-state index contributed by atoms with van der Waals surface area (Å²) in [5, 5.41) is 33.0. The lowest BCUT2D eigenvalue weighted by molar-refractivity contribution is -0.142. The van der Waals surface area contributed by atoms with Gasteiger partial charge in [-0.25, -0.2) is 14.4 Å². The van der Waals surface area contributed by atoms with Crippen LogP contribution in [0.25, 0.3) is 0 Å². The molecule has 4 atom stereocenters. The number of nitrogens with one attached hydrogen (secondary N) is 2. The lowest BCUT2D eigenvalue weighted by Crippen LogP contribution is -2.63. The number of amides is 5. The van der Waals surface area contributed by atoms with E-state index in [1.54, 1.807) is 69.6 Å². The van der Waals surface area contributed by atoms with E-state index >= 15 is 0 Å². The topological polar surface area (TPSA) is 246 Å². The van der Waals surface area contributed by atoms with Gasteiger partial charge in [0.1, 0.15) is 35.4 Å². The van der Waals surface area contributed by atoms with Gasteiger partial charge in [0.05, 0.1) is 38.6 Å². The fourth-order valence-corrected chi connectivity index (χ4v) is 15.1. The van der Waals surface area contributed by atoms with Crippen LogP contribution >= 0.6 is 23.2 Å². The van der Waals surface area contributed by atoms with E-state index in [0.717, 1.165) is 72.4 Å². The molecular formula is C75H100Cl2N14O9. The highest BCUT2D eigenvalue weighted by molar-refractivity contribution is 6.30. The van der Waals surface area contributed by atoms with Crippen molar-refractivity contribution in [1.82, 2.24) is 70.0 Å². The van der Waals surface area contributed by atoms with Gasteiger partial charge < -0.3 is 35.0 Å². The number of carboxylic acids is 1. The monoisotopic (exact) mass is 1410 g/mol. The average Bonchev–Trinajstić information content (AvgIpc) is 0.959. The molecule has 2 saturated carbocycles. The number of carboxylic acid groups (broad SMARTS) is 1. The first kappa shape index (κ1) is 74.7. The zero-order valence-electron chi connectivity index (χ0n) is 59.1.